The average Bonchev–Trinajstić information content (AvgIpc) is 2.67. The van der Waals surface area contributed by atoms with Crippen LogP contribution in [0.4, 0.5) is 0 Å². The maximum Gasteiger partial charge on any atom is 0.341 e. The summed E-state index contributed by atoms with van der Waals surface area (Å²) in [7, 11) is 0. The highest BCUT2D eigenvalue weighted by Crippen LogP contribution is 2.30. The Morgan fingerprint density at radius 2 is 1.81 bits per heavy atom. The number of ether oxygens (including phenoxy) is 1. The van der Waals surface area contributed by atoms with Crippen LogP contribution in [0, 0.1) is 0 Å². The summed E-state index contributed by atoms with van der Waals surface area (Å²) >= 11 is 14.6. The van der Waals surface area contributed by atoms with E-state index in [1.807, 2.05) is 30.0 Å². The van der Waals surface area contributed by atoms with Gasteiger partial charge in [-0.2, -0.15) is 0 Å². The molecule has 2 rings (SSSR count). The fourth-order valence-corrected chi connectivity index (χ4v) is 4.47. The summed E-state index contributed by atoms with van der Waals surface area (Å²) < 4.78 is 5.20. The molecule has 0 aliphatic rings. The summed E-state index contributed by atoms with van der Waals surface area (Å²) in [6.07, 6.45) is 6.63. The van der Waals surface area contributed by atoms with Crippen LogP contribution in [0.1, 0.15) is 36.5 Å². The number of carbonyl (C=O) groups is 1. The van der Waals surface area contributed by atoms with Gasteiger partial charge in [-0.05, 0) is 31.4 Å². The number of alkyl halides is 2. The molecule has 1 aromatic carbocycles. The molecule has 0 amide bonds. The van der Waals surface area contributed by atoms with Gasteiger partial charge >= 0.3 is 5.97 Å². The molecule has 26 heavy (non-hydrogen) atoms. The van der Waals surface area contributed by atoms with Crippen LogP contribution >= 0.6 is 35.0 Å². The van der Waals surface area contributed by atoms with Gasteiger partial charge in [0.15, 0.2) is 0 Å². The summed E-state index contributed by atoms with van der Waals surface area (Å²) in [5, 5.41) is 0.0236. The zero-order valence-electron chi connectivity index (χ0n) is 14.6. The minimum atomic E-state index is -0.478. The van der Waals surface area contributed by atoms with Gasteiger partial charge in [-0.1, -0.05) is 25.1 Å². The Labute approximate surface area is 168 Å². The van der Waals surface area contributed by atoms with E-state index in [0.29, 0.717) is 17.2 Å². The second-order valence-corrected chi connectivity index (χ2v) is 8.46. The van der Waals surface area contributed by atoms with E-state index in [0.717, 1.165) is 12.8 Å². The Morgan fingerprint density at radius 1 is 1.12 bits per heavy atom. The van der Waals surface area contributed by atoms with Crippen molar-refractivity contribution in [3.8, 4) is 0 Å². The molecule has 7 heteroatoms. The molecule has 3 atom stereocenters. The van der Waals surface area contributed by atoms with E-state index in [9.17, 15) is 4.79 Å². The number of carbonyl (C=O) groups excluding carboxylic acids is 1. The molecule has 3 unspecified atom stereocenters. The van der Waals surface area contributed by atoms with Crippen LogP contribution < -0.4 is 0 Å². The molecule has 4 nitrogen and oxygen atoms in total. The molecule has 1 aromatic heterocycles. The van der Waals surface area contributed by atoms with Gasteiger partial charge in [-0.15, -0.1) is 35.0 Å². The van der Waals surface area contributed by atoms with Gasteiger partial charge in [0, 0.05) is 27.9 Å². The predicted molar refractivity (Wildman–Crippen MR) is 107 cm³/mol. The Bertz CT molecular complexity index is 661. The van der Waals surface area contributed by atoms with Gasteiger partial charge < -0.3 is 4.74 Å². The average molecular weight is 413 g/mol. The smallest absolute Gasteiger partial charge is 0.341 e. The number of benzene rings is 1. The van der Waals surface area contributed by atoms with Gasteiger partial charge in [0.05, 0.1) is 10.9 Å². The molecular weight excluding hydrogens is 391 g/mol. The van der Waals surface area contributed by atoms with E-state index < -0.39 is 5.97 Å². The van der Waals surface area contributed by atoms with E-state index in [-0.39, 0.29) is 17.4 Å². The Morgan fingerprint density at radius 3 is 2.46 bits per heavy atom. The van der Waals surface area contributed by atoms with E-state index >= 15 is 0 Å². The molecule has 0 saturated heterocycles. The van der Waals surface area contributed by atoms with Crippen molar-refractivity contribution in [2.24, 2.45) is 0 Å². The van der Waals surface area contributed by atoms with Crippen LogP contribution in [0.5, 0.6) is 0 Å². The largest absolute Gasteiger partial charge is 0.460 e. The number of rotatable bonds is 10. The molecule has 1 heterocycles. The topological polar surface area (TPSA) is 52.1 Å². The normalized spacial score (nSPS) is 14.4. The highest BCUT2D eigenvalue weighted by Gasteiger charge is 2.19. The standard InChI is InChI=1S/C19H22Cl2N2O2S/c1-2-17(26-18-6-4-3-5-7-18)9-15(20)8-16(21)12-25-19(24)14-10-22-13-23-11-14/h3-7,10-11,13,15-17H,2,8-9,12H2,1H3. The molecule has 0 radical (unpaired) electrons. The zero-order chi connectivity index (χ0) is 18.8. The second-order valence-electron chi connectivity index (χ2n) is 5.85. The summed E-state index contributed by atoms with van der Waals surface area (Å²) in [5.41, 5.74) is 0.309. The van der Waals surface area contributed by atoms with Crippen molar-refractivity contribution in [3.05, 3.63) is 54.6 Å². The molecule has 140 valence electrons. The minimum Gasteiger partial charge on any atom is -0.460 e. The van der Waals surface area contributed by atoms with Crippen LogP contribution in [0.15, 0.2) is 53.9 Å². The van der Waals surface area contributed by atoms with Gasteiger partial charge in [0.25, 0.3) is 0 Å². The molecule has 0 saturated carbocycles. The first-order valence-corrected chi connectivity index (χ1v) is 10.3. The van der Waals surface area contributed by atoms with Gasteiger partial charge in [-0.3, -0.25) is 0 Å². The molecule has 0 N–H and O–H groups in total. The number of hydrogen-bond acceptors (Lipinski definition) is 5. The summed E-state index contributed by atoms with van der Waals surface area (Å²) in [4.78, 5) is 20.7. The lowest BCUT2D eigenvalue weighted by Crippen LogP contribution is -2.20. The van der Waals surface area contributed by atoms with E-state index in [4.69, 9.17) is 27.9 Å². The van der Waals surface area contributed by atoms with Crippen molar-refractivity contribution < 1.29 is 9.53 Å². The number of esters is 1. The zero-order valence-corrected chi connectivity index (χ0v) is 16.9. The van der Waals surface area contributed by atoms with Crippen LogP contribution in [-0.2, 0) is 4.74 Å². The molecule has 0 aliphatic carbocycles. The van der Waals surface area contributed by atoms with Gasteiger partial charge in [-0.25, -0.2) is 14.8 Å². The van der Waals surface area contributed by atoms with Crippen molar-refractivity contribution in [3.63, 3.8) is 0 Å². The number of halogens is 2. The van der Waals surface area contributed by atoms with E-state index in [1.54, 1.807) is 0 Å². The lowest BCUT2D eigenvalue weighted by Gasteiger charge is -2.20. The van der Waals surface area contributed by atoms with Crippen LogP contribution in [-0.4, -0.2) is 38.5 Å². The lowest BCUT2D eigenvalue weighted by atomic mass is 10.1. The molecule has 0 spiro atoms. The van der Waals surface area contributed by atoms with Crippen LogP contribution in [0.3, 0.4) is 0 Å². The van der Waals surface area contributed by atoms with E-state index in [2.05, 4.69) is 29.0 Å². The first-order valence-electron chi connectivity index (χ1n) is 8.50. The molecule has 0 aliphatic heterocycles. The third-order valence-corrected chi connectivity index (χ3v) is 5.79. The summed E-state index contributed by atoms with van der Waals surface area (Å²) in [5.74, 6) is -0.478. The quantitative estimate of drug-likeness (QED) is 0.305. The maximum absolute atomic E-state index is 11.9. The van der Waals surface area contributed by atoms with Crippen molar-refractivity contribution in [2.75, 3.05) is 6.61 Å². The first-order chi connectivity index (χ1) is 12.6. The SMILES string of the molecule is CCC(CC(Cl)CC(Cl)COC(=O)c1cncnc1)Sc1ccccc1. The number of nitrogens with zero attached hydrogens (tertiary/aromatic N) is 2. The Hall–Kier alpha value is -1.30. The fourth-order valence-electron chi connectivity index (χ4n) is 2.37. The number of aromatic nitrogens is 2. The molecular formula is C19H22Cl2N2O2S. The lowest BCUT2D eigenvalue weighted by molar-refractivity contribution is 0.0500. The number of thioether (sulfide) groups is 1. The Balaban J connectivity index is 1.73. The van der Waals surface area contributed by atoms with E-state index in [1.165, 1.54) is 23.6 Å². The maximum atomic E-state index is 11.9. The molecule has 0 bridgehead atoms. The highest BCUT2D eigenvalue weighted by molar-refractivity contribution is 8.00. The predicted octanol–water partition coefficient (Wildman–Crippen LogP) is 5.20. The van der Waals surface area contributed by atoms with Crippen molar-refractivity contribution in [1.82, 2.24) is 9.97 Å². The minimum absolute atomic E-state index is 0.0718. The highest BCUT2D eigenvalue weighted by atomic mass is 35.5. The Kier molecular flexibility index (Phi) is 9.23. The van der Waals surface area contributed by atoms with Gasteiger partial charge in [0.2, 0.25) is 0 Å². The van der Waals surface area contributed by atoms with Crippen molar-refractivity contribution >= 4 is 40.9 Å². The monoisotopic (exact) mass is 412 g/mol. The van der Waals surface area contributed by atoms with Gasteiger partial charge in [0.1, 0.15) is 12.9 Å². The second kappa shape index (κ2) is 11.4. The third kappa shape index (κ3) is 7.52. The number of hydrogen-bond donors (Lipinski definition) is 0. The third-order valence-electron chi connectivity index (χ3n) is 3.72. The molecule has 2 aromatic rings. The van der Waals surface area contributed by atoms with Crippen LogP contribution in [0.2, 0.25) is 0 Å². The van der Waals surface area contributed by atoms with Crippen molar-refractivity contribution in [1.29, 1.82) is 0 Å². The molecule has 0 fully saturated rings. The summed E-state index contributed by atoms with van der Waals surface area (Å²) in [6.45, 7) is 2.27. The first kappa shape index (κ1) is 21.0. The fraction of sp³-hybridized carbons (Fsp3) is 0.421. The van der Waals surface area contributed by atoms with Crippen LogP contribution in [0.25, 0.3) is 0 Å². The van der Waals surface area contributed by atoms with Crippen molar-refractivity contribution in [2.45, 2.75) is 47.1 Å². The summed E-state index contributed by atoms with van der Waals surface area (Å²) in [6, 6.07) is 10.3.